The van der Waals surface area contributed by atoms with Crippen molar-refractivity contribution in [2.45, 2.75) is 6.61 Å². The Morgan fingerprint density at radius 1 is 1.29 bits per heavy atom. The van der Waals surface area contributed by atoms with Crippen molar-refractivity contribution in [3.63, 3.8) is 0 Å². The summed E-state index contributed by atoms with van der Waals surface area (Å²) in [5, 5.41) is 7.48. The zero-order valence-electron chi connectivity index (χ0n) is 11.3. The second kappa shape index (κ2) is 6.45. The van der Waals surface area contributed by atoms with Crippen molar-refractivity contribution >= 4 is 17.4 Å². The number of methoxy groups -OCH3 is 1. The Kier molecular flexibility index (Phi) is 4.65. The highest BCUT2D eigenvalue weighted by Gasteiger charge is 2.08. The molecule has 0 spiro atoms. The van der Waals surface area contributed by atoms with Crippen LogP contribution in [0.1, 0.15) is 11.1 Å². The monoisotopic (exact) mass is 308 g/mol. The smallest absolute Gasteiger partial charge is 0.145 e. The Morgan fingerprint density at radius 3 is 2.67 bits per heavy atom. The quantitative estimate of drug-likeness (QED) is 0.657. The molecule has 4 nitrogen and oxygen atoms in total. The van der Waals surface area contributed by atoms with Crippen LogP contribution in [0.3, 0.4) is 0 Å². The van der Waals surface area contributed by atoms with Crippen molar-refractivity contribution in [3.8, 4) is 11.5 Å². The van der Waals surface area contributed by atoms with Gasteiger partial charge in [-0.2, -0.15) is 0 Å². The second-order valence-corrected chi connectivity index (χ2v) is 4.71. The minimum atomic E-state index is -0.543. The number of rotatable bonds is 5. The van der Waals surface area contributed by atoms with E-state index in [-0.39, 0.29) is 17.5 Å². The Hall–Kier alpha value is -2.27. The molecule has 0 aromatic heterocycles. The summed E-state index contributed by atoms with van der Waals surface area (Å²) in [6, 6.07) is 9.31. The first-order chi connectivity index (χ1) is 10.0. The summed E-state index contributed by atoms with van der Waals surface area (Å²) < 4.78 is 24.1. The molecule has 0 aliphatic carbocycles. The number of hydrogen-bond donors (Lipinski definition) is 2. The molecule has 0 saturated heterocycles. The lowest BCUT2D eigenvalue weighted by molar-refractivity contribution is 0.295. The van der Waals surface area contributed by atoms with E-state index in [9.17, 15) is 4.39 Å². The maximum absolute atomic E-state index is 13.3. The number of hydrogen-bond acceptors (Lipinski definition) is 3. The predicted octanol–water partition coefficient (Wildman–Crippen LogP) is 3.35. The van der Waals surface area contributed by atoms with Gasteiger partial charge in [-0.3, -0.25) is 5.41 Å². The number of benzene rings is 2. The molecule has 3 N–H and O–H groups in total. The van der Waals surface area contributed by atoms with Crippen LogP contribution >= 0.6 is 11.6 Å². The summed E-state index contributed by atoms with van der Waals surface area (Å²) in [4.78, 5) is 0. The molecule has 0 radical (unpaired) electrons. The van der Waals surface area contributed by atoms with Gasteiger partial charge in [-0.05, 0) is 30.3 Å². The average Bonchev–Trinajstić information content (AvgIpc) is 2.48. The Balaban J connectivity index is 2.19. The van der Waals surface area contributed by atoms with Gasteiger partial charge >= 0.3 is 0 Å². The molecule has 0 aliphatic heterocycles. The highest BCUT2D eigenvalue weighted by molar-refractivity contribution is 6.30. The summed E-state index contributed by atoms with van der Waals surface area (Å²) in [5.41, 5.74) is 6.73. The fraction of sp³-hybridized carbons (Fsp3) is 0.133. The van der Waals surface area contributed by atoms with Gasteiger partial charge in [0.1, 0.15) is 29.8 Å². The van der Waals surface area contributed by atoms with Crippen molar-refractivity contribution in [1.82, 2.24) is 0 Å². The van der Waals surface area contributed by atoms with Gasteiger partial charge in [0.2, 0.25) is 0 Å². The number of nitrogens with one attached hydrogen (secondary N) is 1. The molecule has 0 unspecified atom stereocenters. The third-order valence-corrected chi connectivity index (χ3v) is 3.18. The predicted molar refractivity (Wildman–Crippen MR) is 79.8 cm³/mol. The molecule has 0 saturated carbocycles. The SMILES string of the molecule is COc1ccc(C(=N)N)cc1COc1ccc(Cl)c(F)c1. The van der Waals surface area contributed by atoms with Gasteiger partial charge in [-0.25, -0.2) is 4.39 Å². The Labute approximate surface area is 126 Å². The number of nitrogens with two attached hydrogens (primary N) is 1. The fourth-order valence-corrected chi connectivity index (χ4v) is 1.90. The molecule has 0 atom stereocenters. The molecule has 21 heavy (non-hydrogen) atoms. The van der Waals surface area contributed by atoms with Gasteiger partial charge < -0.3 is 15.2 Å². The van der Waals surface area contributed by atoms with E-state index in [0.29, 0.717) is 22.6 Å². The van der Waals surface area contributed by atoms with E-state index in [2.05, 4.69) is 0 Å². The van der Waals surface area contributed by atoms with Crippen molar-refractivity contribution in [2.75, 3.05) is 7.11 Å². The largest absolute Gasteiger partial charge is 0.496 e. The van der Waals surface area contributed by atoms with Crippen molar-refractivity contribution in [2.24, 2.45) is 5.73 Å². The van der Waals surface area contributed by atoms with Crippen LogP contribution in [0.5, 0.6) is 11.5 Å². The molecule has 2 aromatic rings. The first-order valence-electron chi connectivity index (χ1n) is 6.10. The zero-order valence-corrected chi connectivity index (χ0v) is 12.1. The van der Waals surface area contributed by atoms with E-state index in [4.69, 9.17) is 32.2 Å². The van der Waals surface area contributed by atoms with Crippen LogP contribution in [-0.4, -0.2) is 12.9 Å². The third-order valence-electron chi connectivity index (χ3n) is 2.88. The highest BCUT2D eigenvalue weighted by atomic mass is 35.5. The molecule has 0 fully saturated rings. The van der Waals surface area contributed by atoms with Crippen LogP contribution in [0.15, 0.2) is 36.4 Å². The van der Waals surface area contributed by atoms with E-state index in [1.165, 1.54) is 19.2 Å². The second-order valence-electron chi connectivity index (χ2n) is 4.30. The minimum absolute atomic E-state index is 0.0403. The zero-order chi connectivity index (χ0) is 15.4. The summed E-state index contributed by atoms with van der Waals surface area (Å²) in [6.07, 6.45) is 0. The Bertz CT molecular complexity index is 677. The van der Waals surface area contributed by atoms with E-state index < -0.39 is 5.82 Å². The first kappa shape index (κ1) is 15.1. The summed E-state index contributed by atoms with van der Waals surface area (Å²) in [6.45, 7) is 0.158. The number of halogens is 2. The van der Waals surface area contributed by atoms with Gasteiger partial charge in [0, 0.05) is 17.2 Å². The molecule has 0 aliphatic rings. The molecular weight excluding hydrogens is 295 g/mol. The van der Waals surface area contributed by atoms with E-state index in [1.807, 2.05) is 0 Å². The summed E-state index contributed by atoms with van der Waals surface area (Å²) >= 11 is 5.61. The molecule has 2 rings (SSSR count). The van der Waals surface area contributed by atoms with Gasteiger partial charge in [0.25, 0.3) is 0 Å². The molecule has 0 heterocycles. The minimum Gasteiger partial charge on any atom is -0.496 e. The number of nitrogen functional groups attached to an aromatic ring is 1. The standard InChI is InChI=1S/C15H14ClFN2O2/c1-20-14-5-2-9(15(18)19)6-10(14)8-21-11-3-4-12(16)13(17)7-11/h2-7H,8H2,1H3,(H3,18,19). The average molecular weight is 309 g/mol. The van der Waals surface area contributed by atoms with E-state index in [1.54, 1.807) is 24.3 Å². The maximum Gasteiger partial charge on any atom is 0.145 e. The van der Waals surface area contributed by atoms with Crippen molar-refractivity contribution in [3.05, 3.63) is 58.4 Å². The molecule has 110 valence electrons. The number of amidine groups is 1. The molecule has 6 heteroatoms. The van der Waals surface area contributed by atoms with Crippen LogP contribution in [0.2, 0.25) is 5.02 Å². The fourth-order valence-electron chi connectivity index (χ4n) is 1.79. The van der Waals surface area contributed by atoms with Gasteiger partial charge in [-0.1, -0.05) is 11.6 Å². The van der Waals surface area contributed by atoms with Gasteiger partial charge in [0.05, 0.1) is 12.1 Å². The van der Waals surface area contributed by atoms with E-state index >= 15 is 0 Å². The van der Waals surface area contributed by atoms with Crippen LogP contribution in [0.4, 0.5) is 4.39 Å². The first-order valence-corrected chi connectivity index (χ1v) is 6.48. The normalized spacial score (nSPS) is 10.2. The Morgan fingerprint density at radius 2 is 2.05 bits per heavy atom. The summed E-state index contributed by atoms with van der Waals surface area (Å²) in [5.74, 6) is 0.372. The maximum atomic E-state index is 13.3. The molecule has 2 aromatic carbocycles. The van der Waals surface area contributed by atoms with Crippen LogP contribution < -0.4 is 15.2 Å². The highest BCUT2D eigenvalue weighted by Crippen LogP contribution is 2.24. The van der Waals surface area contributed by atoms with Crippen molar-refractivity contribution in [1.29, 1.82) is 5.41 Å². The lowest BCUT2D eigenvalue weighted by Gasteiger charge is -2.12. The van der Waals surface area contributed by atoms with Gasteiger partial charge in [0.15, 0.2) is 0 Å². The number of ether oxygens (including phenoxy) is 2. The van der Waals surface area contributed by atoms with E-state index in [0.717, 1.165) is 0 Å². The van der Waals surface area contributed by atoms with Crippen LogP contribution in [0, 0.1) is 11.2 Å². The van der Waals surface area contributed by atoms with Crippen molar-refractivity contribution < 1.29 is 13.9 Å². The molecule has 0 bridgehead atoms. The van der Waals surface area contributed by atoms with Gasteiger partial charge in [-0.15, -0.1) is 0 Å². The topological polar surface area (TPSA) is 68.3 Å². The lowest BCUT2D eigenvalue weighted by Crippen LogP contribution is -2.12. The molecule has 0 amide bonds. The van der Waals surface area contributed by atoms with Crippen LogP contribution in [-0.2, 0) is 6.61 Å². The molecular formula is C15H14ClFN2O2. The van der Waals surface area contributed by atoms with Crippen LogP contribution in [0.25, 0.3) is 0 Å². The lowest BCUT2D eigenvalue weighted by atomic mass is 10.1. The third kappa shape index (κ3) is 3.64. The summed E-state index contributed by atoms with van der Waals surface area (Å²) in [7, 11) is 1.54.